The Kier molecular flexibility index (Phi) is 4.44. The van der Waals surface area contributed by atoms with Gasteiger partial charge in [0.25, 0.3) is 0 Å². The van der Waals surface area contributed by atoms with E-state index in [0.29, 0.717) is 22.3 Å². The molecule has 1 aromatic carbocycles. The monoisotopic (exact) mass is 309 g/mol. The van der Waals surface area contributed by atoms with Crippen LogP contribution in [0.5, 0.6) is 11.5 Å². The minimum atomic E-state index is -0.549. The van der Waals surface area contributed by atoms with E-state index in [0.717, 1.165) is 0 Å². The number of nitrogens with two attached hydrogens (primary N) is 1. The number of nitro groups is 1. The summed E-state index contributed by atoms with van der Waals surface area (Å²) >= 11 is 5.96. The van der Waals surface area contributed by atoms with Crippen molar-refractivity contribution in [3.8, 4) is 11.5 Å². The Bertz CT molecular complexity index is 678. The number of anilines is 1. The summed E-state index contributed by atoms with van der Waals surface area (Å²) in [4.78, 5) is 14.5. The van der Waals surface area contributed by atoms with E-state index in [1.54, 1.807) is 18.2 Å². The number of nitrogens with zero attached hydrogens (tertiary/aromatic N) is 2. The Balaban J connectivity index is 2.23. The molecule has 0 spiro atoms. The number of hydrogen-bond acceptors (Lipinski definition) is 6. The lowest BCUT2D eigenvalue weighted by atomic mass is 10.2. The van der Waals surface area contributed by atoms with Gasteiger partial charge in [0, 0.05) is 0 Å². The van der Waals surface area contributed by atoms with Gasteiger partial charge in [-0.15, -0.1) is 0 Å². The lowest BCUT2D eigenvalue weighted by molar-refractivity contribution is -0.386. The number of ether oxygens (including phenoxy) is 2. The van der Waals surface area contributed by atoms with Crippen molar-refractivity contribution in [2.45, 2.75) is 6.61 Å². The Morgan fingerprint density at radius 2 is 2.14 bits per heavy atom. The molecule has 2 rings (SSSR count). The first kappa shape index (κ1) is 14.9. The molecule has 0 atom stereocenters. The molecule has 0 aliphatic carbocycles. The molecule has 1 aromatic heterocycles. The quantitative estimate of drug-likeness (QED) is 0.673. The molecule has 2 N–H and O–H groups in total. The van der Waals surface area contributed by atoms with Gasteiger partial charge >= 0.3 is 5.69 Å². The zero-order valence-corrected chi connectivity index (χ0v) is 11.8. The third-order valence-electron chi connectivity index (χ3n) is 2.67. The van der Waals surface area contributed by atoms with Crippen LogP contribution in [0, 0.1) is 10.1 Å². The van der Waals surface area contributed by atoms with E-state index in [1.165, 1.54) is 19.2 Å². The average molecular weight is 310 g/mol. The highest BCUT2D eigenvalue weighted by Gasteiger charge is 2.17. The molecule has 0 saturated carbocycles. The number of aromatic nitrogens is 1. The normalized spacial score (nSPS) is 10.2. The van der Waals surface area contributed by atoms with Crippen molar-refractivity contribution in [2.75, 3.05) is 12.8 Å². The number of methoxy groups -OCH3 is 1. The highest BCUT2D eigenvalue weighted by Crippen LogP contribution is 2.31. The van der Waals surface area contributed by atoms with Crippen molar-refractivity contribution >= 4 is 23.1 Å². The predicted molar refractivity (Wildman–Crippen MR) is 77.6 cm³/mol. The van der Waals surface area contributed by atoms with Gasteiger partial charge in [0.05, 0.1) is 28.8 Å². The van der Waals surface area contributed by atoms with Crippen LogP contribution >= 0.6 is 11.6 Å². The van der Waals surface area contributed by atoms with E-state index in [4.69, 9.17) is 26.8 Å². The smallest absolute Gasteiger partial charge is 0.314 e. The second-order valence-electron chi connectivity index (χ2n) is 4.04. The van der Waals surface area contributed by atoms with Crippen LogP contribution in [0.1, 0.15) is 5.69 Å². The molecule has 0 unspecified atom stereocenters. The molecule has 2 aromatic rings. The van der Waals surface area contributed by atoms with Crippen molar-refractivity contribution < 1.29 is 14.4 Å². The number of hydrogen-bond donors (Lipinski definition) is 1. The van der Waals surface area contributed by atoms with Crippen molar-refractivity contribution in [1.82, 2.24) is 4.98 Å². The third kappa shape index (κ3) is 3.51. The Morgan fingerprint density at radius 3 is 2.81 bits per heavy atom. The molecular formula is C13H12ClN3O4. The highest BCUT2D eigenvalue weighted by molar-refractivity contribution is 6.31. The summed E-state index contributed by atoms with van der Waals surface area (Å²) in [5.41, 5.74) is 5.77. The van der Waals surface area contributed by atoms with E-state index < -0.39 is 4.92 Å². The molecule has 0 aliphatic rings. The molecule has 0 saturated heterocycles. The average Bonchev–Trinajstić information content (AvgIpc) is 2.48. The van der Waals surface area contributed by atoms with Crippen LogP contribution < -0.4 is 15.2 Å². The zero-order chi connectivity index (χ0) is 15.4. The van der Waals surface area contributed by atoms with Gasteiger partial charge in [-0.3, -0.25) is 10.1 Å². The van der Waals surface area contributed by atoms with Crippen LogP contribution in [-0.4, -0.2) is 17.0 Å². The Hall–Kier alpha value is -2.54. The largest absolute Gasteiger partial charge is 0.496 e. The van der Waals surface area contributed by atoms with Gasteiger partial charge in [0.1, 0.15) is 18.2 Å². The lowest BCUT2D eigenvalue weighted by Crippen LogP contribution is -2.03. The van der Waals surface area contributed by atoms with Crippen LogP contribution in [0.3, 0.4) is 0 Å². The molecule has 7 nitrogen and oxygen atoms in total. The van der Waals surface area contributed by atoms with Gasteiger partial charge < -0.3 is 15.2 Å². The van der Waals surface area contributed by atoms with Crippen LogP contribution in [0.25, 0.3) is 0 Å². The molecule has 8 heteroatoms. The zero-order valence-electron chi connectivity index (χ0n) is 11.1. The highest BCUT2D eigenvalue weighted by atomic mass is 35.5. The number of halogens is 1. The van der Waals surface area contributed by atoms with Gasteiger partial charge in [-0.2, -0.15) is 0 Å². The number of nitrogen functional groups attached to an aromatic ring is 1. The van der Waals surface area contributed by atoms with E-state index in [-0.39, 0.29) is 18.0 Å². The molecular weight excluding hydrogens is 298 g/mol. The topological polar surface area (TPSA) is 101 Å². The van der Waals surface area contributed by atoms with Crippen molar-refractivity contribution in [1.29, 1.82) is 0 Å². The van der Waals surface area contributed by atoms with Gasteiger partial charge in [0.15, 0.2) is 5.75 Å². The molecule has 0 bridgehead atoms. The number of benzene rings is 1. The molecule has 0 radical (unpaired) electrons. The van der Waals surface area contributed by atoms with Crippen molar-refractivity contribution in [3.63, 3.8) is 0 Å². The van der Waals surface area contributed by atoms with Crippen molar-refractivity contribution in [3.05, 3.63) is 51.2 Å². The first-order valence-corrected chi connectivity index (χ1v) is 6.25. The van der Waals surface area contributed by atoms with Crippen LogP contribution in [0.4, 0.5) is 11.5 Å². The fourth-order valence-corrected chi connectivity index (χ4v) is 1.80. The van der Waals surface area contributed by atoms with E-state index in [9.17, 15) is 10.1 Å². The first-order chi connectivity index (χ1) is 10.0. The number of pyridine rings is 1. The van der Waals surface area contributed by atoms with Gasteiger partial charge in [-0.05, 0) is 24.3 Å². The Labute approximate surface area is 125 Å². The van der Waals surface area contributed by atoms with Gasteiger partial charge in [0.2, 0.25) is 0 Å². The molecule has 1 heterocycles. The third-order valence-corrected chi connectivity index (χ3v) is 3.01. The molecule has 110 valence electrons. The SMILES string of the molecule is COc1ccc(OCc2nc(N)ccc2Cl)c([N+](=O)[O-])c1. The van der Waals surface area contributed by atoms with Crippen LogP contribution in [-0.2, 0) is 6.61 Å². The van der Waals surface area contributed by atoms with Gasteiger partial charge in [-0.25, -0.2) is 4.98 Å². The summed E-state index contributed by atoms with van der Waals surface area (Å²) in [5, 5.41) is 11.4. The predicted octanol–water partition coefficient (Wildman–Crippen LogP) is 2.81. The molecule has 0 amide bonds. The lowest BCUT2D eigenvalue weighted by Gasteiger charge is -2.09. The summed E-state index contributed by atoms with van der Waals surface area (Å²) in [5.74, 6) is 0.762. The summed E-state index contributed by atoms with van der Waals surface area (Å²) < 4.78 is 10.4. The van der Waals surface area contributed by atoms with Gasteiger partial charge in [-0.1, -0.05) is 11.6 Å². The maximum atomic E-state index is 11.0. The maximum absolute atomic E-state index is 11.0. The molecule has 0 fully saturated rings. The van der Waals surface area contributed by atoms with Crippen LogP contribution in [0.2, 0.25) is 5.02 Å². The second kappa shape index (κ2) is 6.27. The van der Waals surface area contributed by atoms with E-state index in [1.807, 2.05) is 0 Å². The van der Waals surface area contributed by atoms with Crippen LogP contribution in [0.15, 0.2) is 30.3 Å². The number of rotatable bonds is 5. The maximum Gasteiger partial charge on any atom is 0.314 e. The standard InChI is InChI=1S/C13H12ClN3O4/c1-20-8-2-4-12(11(6-8)17(18)19)21-7-10-9(14)3-5-13(15)16-10/h2-6H,7H2,1H3,(H2,15,16). The summed E-state index contributed by atoms with van der Waals surface area (Å²) in [7, 11) is 1.43. The fourth-order valence-electron chi connectivity index (χ4n) is 1.64. The summed E-state index contributed by atoms with van der Waals surface area (Å²) in [6, 6.07) is 7.45. The van der Waals surface area contributed by atoms with E-state index >= 15 is 0 Å². The minimum absolute atomic E-state index is 0.0307. The van der Waals surface area contributed by atoms with E-state index in [2.05, 4.69) is 4.98 Å². The Morgan fingerprint density at radius 1 is 1.38 bits per heavy atom. The minimum Gasteiger partial charge on any atom is -0.496 e. The molecule has 21 heavy (non-hydrogen) atoms. The molecule has 0 aliphatic heterocycles. The second-order valence-corrected chi connectivity index (χ2v) is 4.45. The first-order valence-electron chi connectivity index (χ1n) is 5.87. The van der Waals surface area contributed by atoms with Crippen molar-refractivity contribution in [2.24, 2.45) is 0 Å². The summed E-state index contributed by atoms with van der Waals surface area (Å²) in [6.45, 7) is -0.0307. The number of nitro benzene ring substituents is 1. The fraction of sp³-hybridized carbons (Fsp3) is 0.154. The summed E-state index contributed by atoms with van der Waals surface area (Å²) in [6.07, 6.45) is 0.